The van der Waals surface area contributed by atoms with Crippen molar-refractivity contribution in [3.05, 3.63) is 59.7 Å². The predicted octanol–water partition coefficient (Wildman–Crippen LogP) is 3.82. The highest BCUT2D eigenvalue weighted by Gasteiger charge is 2.31. The first kappa shape index (κ1) is 13.3. The van der Waals surface area contributed by atoms with Gasteiger partial charge in [0.1, 0.15) is 18.2 Å². The van der Waals surface area contributed by atoms with E-state index in [1.165, 1.54) is 6.20 Å². The fourth-order valence-corrected chi connectivity index (χ4v) is 1.43. The minimum absolute atomic E-state index is 0.0526. The molecular weight excluding hydrogens is 262 g/mol. The van der Waals surface area contributed by atoms with Crippen LogP contribution < -0.4 is 4.74 Å². The fraction of sp³-hybridized carbons (Fsp3) is 0.154. The molecule has 0 bridgehead atoms. The van der Waals surface area contributed by atoms with Gasteiger partial charge in [-0.3, -0.25) is 4.98 Å². The standard InChI is InChI=1S/C13H9F4NO/c14-12-6-10(13(15,16)17)4-3-9(12)8-19-11-2-1-5-18-7-11/h1-7H,8H2. The van der Waals surface area contributed by atoms with E-state index >= 15 is 0 Å². The molecule has 0 saturated carbocycles. The van der Waals surface area contributed by atoms with Crippen molar-refractivity contribution in [2.75, 3.05) is 0 Å². The molecule has 0 radical (unpaired) electrons. The van der Waals surface area contributed by atoms with E-state index in [2.05, 4.69) is 4.98 Å². The number of alkyl halides is 3. The van der Waals surface area contributed by atoms with Gasteiger partial charge in [0.2, 0.25) is 0 Å². The van der Waals surface area contributed by atoms with E-state index in [0.717, 1.165) is 12.1 Å². The van der Waals surface area contributed by atoms with Gasteiger partial charge in [0.05, 0.1) is 11.8 Å². The van der Waals surface area contributed by atoms with Crippen LogP contribution in [0.3, 0.4) is 0 Å². The highest BCUT2D eigenvalue weighted by molar-refractivity contribution is 5.26. The second-order valence-electron chi connectivity index (χ2n) is 3.78. The molecule has 100 valence electrons. The molecular formula is C13H9F4NO. The second kappa shape index (κ2) is 5.26. The van der Waals surface area contributed by atoms with Gasteiger partial charge in [0, 0.05) is 11.8 Å². The maximum Gasteiger partial charge on any atom is 0.416 e. The summed E-state index contributed by atoms with van der Waals surface area (Å²) < 4.78 is 55.7. The number of pyridine rings is 1. The lowest BCUT2D eigenvalue weighted by atomic mass is 10.1. The molecule has 1 heterocycles. The number of halogens is 4. The van der Waals surface area contributed by atoms with Crippen molar-refractivity contribution in [3.8, 4) is 5.75 Å². The maximum absolute atomic E-state index is 13.5. The van der Waals surface area contributed by atoms with Gasteiger partial charge in [0.15, 0.2) is 0 Å². The van der Waals surface area contributed by atoms with Crippen LogP contribution in [0.5, 0.6) is 5.75 Å². The Balaban J connectivity index is 2.10. The second-order valence-corrected chi connectivity index (χ2v) is 3.78. The molecule has 0 N–H and O–H groups in total. The number of nitrogens with zero attached hydrogens (tertiary/aromatic N) is 1. The van der Waals surface area contributed by atoms with Gasteiger partial charge < -0.3 is 4.74 Å². The quantitative estimate of drug-likeness (QED) is 0.792. The molecule has 0 atom stereocenters. The summed E-state index contributed by atoms with van der Waals surface area (Å²) in [6, 6.07) is 5.61. The monoisotopic (exact) mass is 271 g/mol. The van der Waals surface area contributed by atoms with E-state index in [-0.39, 0.29) is 12.2 Å². The predicted molar refractivity (Wildman–Crippen MR) is 60.0 cm³/mol. The normalized spacial score (nSPS) is 11.4. The van der Waals surface area contributed by atoms with Crippen LogP contribution in [0.4, 0.5) is 17.6 Å². The molecule has 0 spiro atoms. The number of benzene rings is 1. The van der Waals surface area contributed by atoms with Gasteiger partial charge >= 0.3 is 6.18 Å². The lowest BCUT2D eigenvalue weighted by Gasteiger charge is -2.10. The highest BCUT2D eigenvalue weighted by atomic mass is 19.4. The first-order chi connectivity index (χ1) is 8.97. The van der Waals surface area contributed by atoms with Crippen LogP contribution in [0.1, 0.15) is 11.1 Å². The zero-order chi connectivity index (χ0) is 13.9. The third kappa shape index (κ3) is 3.43. The van der Waals surface area contributed by atoms with Crippen molar-refractivity contribution < 1.29 is 22.3 Å². The van der Waals surface area contributed by atoms with Crippen LogP contribution in [0.15, 0.2) is 42.7 Å². The fourth-order valence-electron chi connectivity index (χ4n) is 1.43. The molecule has 2 rings (SSSR count). The Hall–Kier alpha value is -2.11. The van der Waals surface area contributed by atoms with Crippen LogP contribution in [0, 0.1) is 5.82 Å². The van der Waals surface area contributed by atoms with Crippen molar-refractivity contribution in [2.45, 2.75) is 12.8 Å². The summed E-state index contributed by atoms with van der Waals surface area (Å²) >= 11 is 0. The van der Waals surface area contributed by atoms with Gasteiger partial charge in [0.25, 0.3) is 0 Å². The minimum Gasteiger partial charge on any atom is -0.487 e. The summed E-state index contributed by atoms with van der Waals surface area (Å²) in [6.45, 7) is -0.157. The molecule has 2 nitrogen and oxygen atoms in total. The average Bonchev–Trinajstić information content (AvgIpc) is 2.37. The number of hydrogen-bond donors (Lipinski definition) is 0. The summed E-state index contributed by atoms with van der Waals surface area (Å²) in [5.74, 6) is -0.527. The van der Waals surface area contributed by atoms with Crippen LogP contribution >= 0.6 is 0 Å². The lowest BCUT2D eigenvalue weighted by Crippen LogP contribution is -2.07. The summed E-state index contributed by atoms with van der Waals surface area (Å²) in [6.07, 6.45) is -1.57. The smallest absolute Gasteiger partial charge is 0.416 e. The van der Waals surface area contributed by atoms with Gasteiger partial charge in [-0.1, -0.05) is 6.07 Å². The molecule has 19 heavy (non-hydrogen) atoms. The van der Waals surface area contributed by atoms with Crippen LogP contribution in [0.2, 0.25) is 0 Å². The number of hydrogen-bond acceptors (Lipinski definition) is 2. The lowest BCUT2D eigenvalue weighted by molar-refractivity contribution is -0.137. The highest BCUT2D eigenvalue weighted by Crippen LogP contribution is 2.30. The largest absolute Gasteiger partial charge is 0.487 e. The van der Waals surface area contributed by atoms with Gasteiger partial charge in [-0.2, -0.15) is 13.2 Å². The van der Waals surface area contributed by atoms with Crippen molar-refractivity contribution in [1.29, 1.82) is 0 Å². The molecule has 1 aromatic heterocycles. The SMILES string of the molecule is Fc1cc(C(F)(F)F)ccc1COc1cccnc1. The Morgan fingerprint density at radius 3 is 2.53 bits per heavy atom. The summed E-state index contributed by atoms with van der Waals surface area (Å²) in [5.41, 5.74) is -0.966. The van der Waals surface area contributed by atoms with Crippen LogP contribution in [0.25, 0.3) is 0 Å². The Morgan fingerprint density at radius 2 is 1.95 bits per heavy atom. The summed E-state index contributed by atoms with van der Waals surface area (Å²) in [5, 5.41) is 0. The van der Waals surface area contributed by atoms with Gasteiger partial charge in [-0.15, -0.1) is 0 Å². The summed E-state index contributed by atoms with van der Waals surface area (Å²) in [4.78, 5) is 3.80. The molecule has 2 aromatic rings. The minimum atomic E-state index is -4.55. The van der Waals surface area contributed by atoms with E-state index < -0.39 is 17.6 Å². The van der Waals surface area contributed by atoms with E-state index in [1.807, 2.05) is 0 Å². The van der Waals surface area contributed by atoms with E-state index in [9.17, 15) is 17.6 Å². The van der Waals surface area contributed by atoms with E-state index in [0.29, 0.717) is 11.8 Å². The molecule has 0 saturated heterocycles. The van der Waals surface area contributed by atoms with Crippen molar-refractivity contribution in [3.63, 3.8) is 0 Å². The number of aromatic nitrogens is 1. The third-order valence-electron chi connectivity index (χ3n) is 2.41. The average molecular weight is 271 g/mol. The first-order valence-electron chi connectivity index (χ1n) is 5.35. The van der Waals surface area contributed by atoms with E-state index in [1.54, 1.807) is 18.3 Å². The number of rotatable bonds is 3. The molecule has 0 fully saturated rings. The van der Waals surface area contributed by atoms with E-state index in [4.69, 9.17) is 4.74 Å². The Morgan fingerprint density at radius 1 is 1.16 bits per heavy atom. The Labute approximate surface area is 106 Å². The zero-order valence-electron chi connectivity index (χ0n) is 9.62. The third-order valence-corrected chi connectivity index (χ3v) is 2.41. The molecule has 0 aliphatic heterocycles. The molecule has 0 aliphatic rings. The summed E-state index contributed by atoms with van der Waals surface area (Å²) in [7, 11) is 0. The van der Waals surface area contributed by atoms with Crippen molar-refractivity contribution in [2.24, 2.45) is 0 Å². The van der Waals surface area contributed by atoms with Gasteiger partial charge in [-0.05, 0) is 24.3 Å². The van der Waals surface area contributed by atoms with Crippen LogP contribution in [-0.4, -0.2) is 4.98 Å². The molecule has 6 heteroatoms. The zero-order valence-corrected chi connectivity index (χ0v) is 9.62. The molecule has 0 amide bonds. The van der Waals surface area contributed by atoms with Crippen molar-refractivity contribution >= 4 is 0 Å². The Bertz CT molecular complexity index is 554. The van der Waals surface area contributed by atoms with Crippen molar-refractivity contribution in [1.82, 2.24) is 4.98 Å². The maximum atomic E-state index is 13.5. The first-order valence-corrected chi connectivity index (χ1v) is 5.35. The molecule has 0 unspecified atom stereocenters. The molecule has 1 aromatic carbocycles. The molecule has 0 aliphatic carbocycles. The topological polar surface area (TPSA) is 22.1 Å². The van der Waals surface area contributed by atoms with Crippen LogP contribution in [-0.2, 0) is 12.8 Å². The number of ether oxygens (including phenoxy) is 1. The van der Waals surface area contributed by atoms with Gasteiger partial charge in [-0.25, -0.2) is 4.39 Å². The Kier molecular flexibility index (Phi) is 3.69.